The van der Waals surface area contributed by atoms with Crippen LogP contribution in [0.15, 0.2) is 11.8 Å². The van der Waals surface area contributed by atoms with Crippen molar-refractivity contribution in [1.29, 1.82) is 0 Å². The highest BCUT2D eigenvalue weighted by Gasteiger charge is 1.91. The lowest BCUT2D eigenvalue weighted by Crippen LogP contribution is -2.00. The molecular formula is C6H11NO2. The van der Waals surface area contributed by atoms with Gasteiger partial charge in [0.2, 0.25) is 0 Å². The Hall–Kier alpha value is -0.990. The quantitative estimate of drug-likeness (QED) is 0.552. The van der Waals surface area contributed by atoms with Crippen LogP contribution in [0.25, 0.3) is 0 Å². The Bertz CT molecular complexity index is 129. The van der Waals surface area contributed by atoms with Crippen molar-refractivity contribution in [1.82, 2.24) is 0 Å². The highest BCUT2D eigenvalue weighted by molar-refractivity contribution is 5.80. The molecule has 3 nitrogen and oxygen atoms in total. The minimum Gasteiger partial charge on any atom is -0.478 e. The van der Waals surface area contributed by atoms with Crippen molar-refractivity contribution in [2.75, 3.05) is 0 Å². The lowest BCUT2D eigenvalue weighted by molar-refractivity contribution is -0.131. The van der Waals surface area contributed by atoms with Crippen LogP contribution in [0.3, 0.4) is 0 Å². The first-order valence-electron chi connectivity index (χ1n) is 2.85. The topological polar surface area (TPSA) is 63.3 Å². The molecule has 0 radical (unpaired) electrons. The van der Waals surface area contributed by atoms with Gasteiger partial charge < -0.3 is 10.8 Å². The predicted octanol–water partition coefficient (Wildman–Crippen LogP) is 0.714. The van der Waals surface area contributed by atoms with Gasteiger partial charge in [-0.25, -0.2) is 4.79 Å². The Morgan fingerprint density at radius 1 is 1.78 bits per heavy atom. The maximum absolute atomic E-state index is 9.93. The number of hydrogen-bond donors (Lipinski definition) is 2. The number of nitrogens with two attached hydrogens (primary N) is 1. The third-order valence-corrected chi connectivity index (χ3v) is 0.848. The molecule has 0 heterocycles. The Morgan fingerprint density at radius 2 is 2.33 bits per heavy atom. The minimum absolute atomic E-state index is 0.435. The second-order valence-corrected chi connectivity index (χ2v) is 1.81. The summed E-state index contributed by atoms with van der Waals surface area (Å²) in [6.45, 7) is 1.95. The van der Waals surface area contributed by atoms with Crippen molar-refractivity contribution < 1.29 is 9.90 Å². The van der Waals surface area contributed by atoms with E-state index in [0.29, 0.717) is 12.1 Å². The van der Waals surface area contributed by atoms with Crippen LogP contribution in [-0.2, 0) is 4.79 Å². The summed E-state index contributed by atoms with van der Waals surface area (Å²) in [5.74, 6) is -0.971. The first kappa shape index (κ1) is 8.01. The monoisotopic (exact) mass is 129 g/mol. The van der Waals surface area contributed by atoms with Crippen LogP contribution in [-0.4, -0.2) is 11.1 Å². The van der Waals surface area contributed by atoms with Crippen molar-refractivity contribution in [3.8, 4) is 0 Å². The third kappa shape index (κ3) is 4.87. The summed E-state index contributed by atoms with van der Waals surface area (Å²) in [5.41, 5.74) is 5.70. The first-order valence-corrected chi connectivity index (χ1v) is 2.85. The van der Waals surface area contributed by atoms with Gasteiger partial charge in [-0.3, -0.25) is 0 Å². The zero-order chi connectivity index (χ0) is 7.28. The average molecular weight is 129 g/mol. The third-order valence-electron chi connectivity index (χ3n) is 0.848. The van der Waals surface area contributed by atoms with E-state index in [1.807, 2.05) is 6.92 Å². The van der Waals surface area contributed by atoms with E-state index >= 15 is 0 Å². The molecule has 0 rings (SSSR count). The SMILES string of the molecule is CCCC(N)=CC(=O)O. The summed E-state index contributed by atoms with van der Waals surface area (Å²) < 4.78 is 0. The molecule has 0 atom stereocenters. The minimum atomic E-state index is -0.971. The summed E-state index contributed by atoms with van der Waals surface area (Å²) >= 11 is 0. The van der Waals surface area contributed by atoms with Crippen molar-refractivity contribution in [3.05, 3.63) is 11.8 Å². The second-order valence-electron chi connectivity index (χ2n) is 1.81. The summed E-state index contributed by atoms with van der Waals surface area (Å²) in [4.78, 5) is 9.93. The highest BCUT2D eigenvalue weighted by atomic mass is 16.4. The number of carboxylic acid groups (broad SMARTS) is 1. The zero-order valence-corrected chi connectivity index (χ0v) is 5.42. The number of carbonyl (C=O) groups is 1. The summed E-state index contributed by atoms with van der Waals surface area (Å²) in [5, 5.41) is 8.15. The van der Waals surface area contributed by atoms with Gasteiger partial charge in [0, 0.05) is 11.8 Å². The molecule has 0 unspecified atom stereocenters. The summed E-state index contributed by atoms with van der Waals surface area (Å²) in [6.07, 6.45) is 2.57. The highest BCUT2D eigenvalue weighted by Crippen LogP contribution is 1.95. The van der Waals surface area contributed by atoms with E-state index in [2.05, 4.69) is 0 Å². The smallest absolute Gasteiger partial charge is 0.330 e. The van der Waals surface area contributed by atoms with Crippen LogP contribution in [0.5, 0.6) is 0 Å². The number of aliphatic carboxylic acids is 1. The number of hydrogen-bond acceptors (Lipinski definition) is 2. The Balaban J connectivity index is 3.69. The zero-order valence-electron chi connectivity index (χ0n) is 5.42. The molecule has 0 saturated heterocycles. The lowest BCUT2D eigenvalue weighted by Gasteiger charge is -1.92. The molecule has 52 valence electrons. The standard InChI is InChI=1S/C6H11NO2/c1-2-3-5(7)4-6(8)9/h4H,2-3,7H2,1H3,(H,8,9). The van der Waals surface area contributed by atoms with E-state index in [1.54, 1.807) is 0 Å². The fraction of sp³-hybridized carbons (Fsp3) is 0.500. The van der Waals surface area contributed by atoms with E-state index in [1.165, 1.54) is 0 Å². The van der Waals surface area contributed by atoms with Crippen molar-refractivity contribution >= 4 is 5.97 Å². The molecule has 0 amide bonds. The number of carboxylic acids is 1. The Morgan fingerprint density at radius 3 is 2.67 bits per heavy atom. The average Bonchev–Trinajstić information content (AvgIpc) is 1.63. The number of allylic oxidation sites excluding steroid dienone is 1. The van der Waals surface area contributed by atoms with E-state index in [9.17, 15) is 4.79 Å². The van der Waals surface area contributed by atoms with Crippen molar-refractivity contribution in [3.63, 3.8) is 0 Å². The molecule has 0 spiro atoms. The molecule has 9 heavy (non-hydrogen) atoms. The van der Waals surface area contributed by atoms with Gasteiger partial charge in [0.15, 0.2) is 0 Å². The molecule has 0 aromatic carbocycles. The van der Waals surface area contributed by atoms with E-state index in [4.69, 9.17) is 10.8 Å². The summed E-state index contributed by atoms with van der Waals surface area (Å²) in [6, 6.07) is 0. The Kier molecular flexibility index (Phi) is 3.51. The fourth-order valence-electron chi connectivity index (χ4n) is 0.519. The van der Waals surface area contributed by atoms with Crippen LogP contribution >= 0.6 is 0 Å². The summed E-state index contributed by atoms with van der Waals surface area (Å²) in [7, 11) is 0. The maximum atomic E-state index is 9.93. The molecule has 0 aliphatic carbocycles. The van der Waals surface area contributed by atoms with Gasteiger partial charge in [0.1, 0.15) is 0 Å². The predicted molar refractivity (Wildman–Crippen MR) is 34.8 cm³/mol. The first-order chi connectivity index (χ1) is 4.16. The van der Waals surface area contributed by atoms with Crippen molar-refractivity contribution in [2.24, 2.45) is 5.73 Å². The molecule has 3 heteroatoms. The van der Waals surface area contributed by atoms with E-state index < -0.39 is 5.97 Å². The van der Waals surface area contributed by atoms with Gasteiger partial charge in [-0.15, -0.1) is 0 Å². The van der Waals surface area contributed by atoms with Gasteiger partial charge in [0.05, 0.1) is 0 Å². The molecule has 0 saturated carbocycles. The fourth-order valence-corrected chi connectivity index (χ4v) is 0.519. The Labute approximate surface area is 54.2 Å². The largest absolute Gasteiger partial charge is 0.478 e. The van der Waals surface area contributed by atoms with Crippen LogP contribution < -0.4 is 5.73 Å². The van der Waals surface area contributed by atoms with E-state index in [-0.39, 0.29) is 0 Å². The molecular weight excluding hydrogens is 118 g/mol. The van der Waals surface area contributed by atoms with Crippen molar-refractivity contribution in [2.45, 2.75) is 19.8 Å². The van der Waals surface area contributed by atoms with Crippen LogP contribution in [0.4, 0.5) is 0 Å². The van der Waals surface area contributed by atoms with Gasteiger partial charge >= 0.3 is 5.97 Å². The molecule has 0 aromatic heterocycles. The normalized spacial score (nSPS) is 11.4. The molecule has 0 aliphatic rings. The van der Waals surface area contributed by atoms with Crippen LogP contribution in [0.2, 0.25) is 0 Å². The van der Waals surface area contributed by atoms with E-state index in [0.717, 1.165) is 12.5 Å². The molecule has 0 aromatic rings. The molecule has 0 fully saturated rings. The number of rotatable bonds is 3. The van der Waals surface area contributed by atoms with Gasteiger partial charge in [0.25, 0.3) is 0 Å². The second kappa shape index (κ2) is 3.95. The molecule has 3 N–H and O–H groups in total. The molecule has 0 bridgehead atoms. The van der Waals surface area contributed by atoms with Gasteiger partial charge in [-0.05, 0) is 6.42 Å². The van der Waals surface area contributed by atoms with Crippen LogP contribution in [0, 0.1) is 0 Å². The van der Waals surface area contributed by atoms with Crippen LogP contribution in [0.1, 0.15) is 19.8 Å². The van der Waals surface area contributed by atoms with Gasteiger partial charge in [-0.1, -0.05) is 13.3 Å². The molecule has 0 aliphatic heterocycles. The maximum Gasteiger partial charge on any atom is 0.330 e. The lowest BCUT2D eigenvalue weighted by atomic mass is 10.2. The van der Waals surface area contributed by atoms with Gasteiger partial charge in [-0.2, -0.15) is 0 Å².